The van der Waals surface area contributed by atoms with Gasteiger partial charge in [0.15, 0.2) is 29.0 Å². The van der Waals surface area contributed by atoms with Crippen LogP contribution in [-0.4, -0.2) is 33.3 Å². The molecule has 0 fully saturated rings. The van der Waals surface area contributed by atoms with Crippen molar-refractivity contribution in [3.8, 4) is 17.2 Å². The van der Waals surface area contributed by atoms with Crippen LogP contribution in [0.1, 0.15) is 5.56 Å². The third-order valence-electron chi connectivity index (χ3n) is 3.44. The fraction of sp³-hybridized carbons (Fsp3) is 0.278. The maximum absolute atomic E-state index is 13.4. The fourth-order valence-corrected chi connectivity index (χ4v) is 2.14. The number of guanidine groups is 1. The number of benzene rings is 2. The highest BCUT2D eigenvalue weighted by Gasteiger charge is 2.05. The lowest BCUT2D eigenvalue weighted by atomic mass is 10.2. The van der Waals surface area contributed by atoms with Crippen LogP contribution in [0.5, 0.6) is 17.2 Å². The minimum absolute atomic E-state index is 0. The van der Waals surface area contributed by atoms with Crippen LogP contribution in [0.15, 0.2) is 41.4 Å². The van der Waals surface area contributed by atoms with Crippen LogP contribution in [0.25, 0.3) is 0 Å². The van der Waals surface area contributed by atoms with Gasteiger partial charge in [0.25, 0.3) is 0 Å². The van der Waals surface area contributed by atoms with Gasteiger partial charge in [0, 0.05) is 6.07 Å². The van der Waals surface area contributed by atoms with Crippen LogP contribution in [0.2, 0.25) is 0 Å². The fourth-order valence-electron chi connectivity index (χ4n) is 2.14. The van der Waals surface area contributed by atoms with Crippen molar-refractivity contribution in [1.82, 2.24) is 5.32 Å². The van der Waals surface area contributed by atoms with Gasteiger partial charge in [-0.3, -0.25) is 0 Å². The van der Waals surface area contributed by atoms with Gasteiger partial charge >= 0.3 is 0 Å². The van der Waals surface area contributed by atoms with Gasteiger partial charge in [0.2, 0.25) is 0 Å². The van der Waals surface area contributed by atoms with Crippen molar-refractivity contribution >= 4 is 29.9 Å². The summed E-state index contributed by atoms with van der Waals surface area (Å²) in [5.41, 5.74) is 6.68. The maximum Gasteiger partial charge on any atom is 0.189 e. The lowest BCUT2D eigenvalue weighted by Gasteiger charge is -2.10. The summed E-state index contributed by atoms with van der Waals surface area (Å²) in [5.74, 6) is 0.0505. The van der Waals surface area contributed by atoms with Crippen LogP contribution >= 0.6 is 24.0 Å². The van der Waals surface area contributed by atoms with Crippen molar-refractivity contribution < 1.29 is 23.0 Å². The Labute approximate surface area is 173 Å². The molecule has 2 aromatic rings. The molecule has 0 aliphatic carbocycles. The Kier molecular flexibility index (Phi) is 9.62. The average molecular weight is 493 g/mol. The summed E-state index contributed by atoms with van der Waals surface area (Å²) >= 11 is 0. The van der Waals surface area contributed by atoms with Gasteiger partial charge in [0.1, 0.15) is 12.4 Å². The molecule has 0 amide bonds. The molecular weight excluding hydrogens is 471 g/mol. The van der Waals surface area contributed by atoms with Crippen LogP contribution < -0.4 is 25.3 Å². The number of hydrogen-bond acceptors (Lipinski definition) is 4. The summed E-state index contributed by atoms with van der Waals surface area (Å²) in [6, 6.07) is 8.60. The van der Waals surface area contributed by atoms with E-state index < -0.39 is 11.6 Å². The molecule has 3 N–H and O–H groups in total. The number of nitrogens with zero attached hydrogens (tertiary/aromatic N) is 1. The molecule has 27 heavy (non-hydrogen) atoms. The van der Waals surface area contributed by atoms with E-state index >= 15 is 0 Å². The highest BCUT2D eigenvalue weighted by molar-refractivity contribution is 14.0. The van der Waals surface area contributed by atoms with E-state index in [0.29, 0.717) is 24.6 Å². The molecular formula is C18H22F2IN3O3. The second-order valence-electron chi connectivity index (χ2n) is 5.24. The van der Waals surface area contributed by atoms with Crippen LogP contribution in [0.4, 0.5) is 8.78 Å². The summed E-state index contributed by atoms with van der Waals surface area (Å²) in [7, 11) is 3.13. The Morgan fingerprint density at radius 2 is 1.74 bits per heavy atom. The third-order valence-corrected chi connectivity index (χ3v) is 3.44. The number of ether oxygens (including phenoxy) is 3. The number of halogens is 3. The topological polar surface area (TPSA) is 78.1 Å². The zero-order chi connectivity index (χ0) is 18.9. The molecule has 0 aliphatic heterocycles. The van der Waals surface area contributed by atoms with E-state index in [-0.39, 0.29) is 42.3 Å². The predicted octanol–water partition coefficient (Wildman–Crippen LogP) is 3.08. The summed E-state index contributed by atoms with van der Waals surface area (Å²) in [4.78, 5) is 4.21. The Bertz CT molecular complexity index is 776. The largest absolute Gasteiger partial charge is 0.493 e. The molecule has 0 bridgehead atoms. The number of aliphatic imine (C=N–C) groups is 1. The molecule has 0 aromatic heterocycles. The highest BCUT2D eigenvalue weighted by Crippen LogP contribution is 2.27. The molecule has 6 nitrogen and oxygen atoms in total. The SMILES string of the molecule is COc1ccc(CN=C(N)NCCOc2ccc(F)cc2F)cc1OC.I. The second-order valence-corrected chi connectivity index (χ2v) is 5.24. The summed E-state index contributed by atoms with van der Waals surface area (Å²) in [5, 5.41) is 2.86. The van der Waals surface area contributed by atoms with Gasteiger partial charge in [-0.05, 0) is 29.8 Å². The summed E-state index contributed by atoms with van der Waals surface area (Å²) in [6.07, 6.45) is 0. The van der Waals surface area contributed by atoms with Crippen molar-refractivity contribution in [2.75, 3.05) is 27.4 Å². The first-order chi connectivity index (χ1) is 12.5. The second kappa shape index (κ2) is 11.4. The van der Waals surface area contributed by atoms with Gasteiger partial charge in [-0.1, -0.05) is 6.07 Å². The van der Waals surface area contributed by atoms with E-state index in [2.05, 4.69) is 10.3 Å². The van der Waals surface area contributed by atoms with Crippen molar-refractivity contribution in [1.29, 1.82) is 0 Å². The summed E-state index contributed by atoms with van der Waals surface area (Å²) in [6.45, 7) is 0.819. The number of rotatable bonds is 8. The first-order valence-electron chi connectivity index (χ1n) is 7.86. The first kappa shape index (κ1) is 22.7. The van der Waals surface area contributed by atoms with E-state index in [1.165, 1.54) is 6.07 Å². The molecule has 2 aromatic carbocycles. The van der Waals surface area contributed by atoms with Crippen molar-refractivity contribution in [3.63, 3.8) is 0 Å². The monoisotopic (exact) mass is 493 g/mol. The van der Waals surface area contributed by atoms with Crippen LogP contribution in [0.3, 0.4) is 0 Å². The molecule has 148 valence electrons. The average Bonchev–Trinajstić information content (AvgIpc) is 2.64. The third kappa shape index (κ3) is 7.08. The Hall–Kier alpha value is -2.30. The molecule has 9 heteroatoms. The van der Waals surface area contributed by atoms with Crippen LogP contribution in [-0.2, 0) is 6.54 Å². The van der Waals surface area contributed by atoms with Gasteiger partial charge in [-0.15, -0.1) is 24.0 Å². The van der Waals surface area contributed by atoms with Crippen LogP contribution in [0, 0.1) is 11.6 Å². The number of hydrogen-bond donors (Lipinski definition) is 2. The molecule has 0 aliphatic rings. The maximum atomic E-state index is 13.4. The number of methoxy groups -OCH3 is 2. The minimum Gasteiger partial charge on any atom is -0.493 e. The molecule has 0 spiro atoms. The van der Waals surface area contributed by atoms with E-state index in [4.69, 9.17) is 19.9 Å². The summed E-state index contributed by atoms with van der Waals surface area (Å²) < 4.78 is 41.8. The minimum atomic E-state index is -0.750. The smallest absolute Gasteiger partial charge is 0.189 e. The highest BCUT2D eigenvalue weighted by atomic mass is 127. The van der Waals surface area contributed by atoms with Crippen molar-refractivity contribution in [2.24, 2.45) is 10.7 Å². The molecule has 0 heterocycles. The quantitative estimate of drug-likeness (QED) is 0.256. The van der Waals surface area contributed by atoms with Gasteiger partial charge in [-0.2, -0.15) is 0 Å². The van der Waals surface area contributed by atoms with E-state index in [1.54, 1.807) is 20.3 Å². The lowest BCUT2D eigenvalue weighted by Crippen LogP contribution is -2.34. The van der Waals surface area contributed by atoms with Gasteiger partial charge in [-0.25, -0.2) is 13.8 Å². The number of nitrogens with two attached hydrogens (primary N) is 1. The normalized spacial score (nSPS) is 10.7. The molecule has 2 rings (SSSR count). The zero-order valence-corrected chi connectivity index (χ0v) is 17.3. The lowest BCUT2D eigenvalue weighted by molar-refractivity contribution is 0.305. The zero-order valence-electron chi connectivity index (χ0n) is 15.0. The van der Waals surface area contributed by atoms with E-state index in [9.17, 15) is 8.78 Å². The molecule has 0 atom stereocenters. The molecule has 0 unspecified atom stereocenters. The standard InChI is InChI=1S/C18H21F2N3O3.HI/c1-24-16-5-3-12(9-17(16)25-2)11-23-18(21)22-7-8-26-15-6-4-13(19)10-14(15)20;/h3-6,9-10H,7-8,11H2,1-2H3,(H3,21,22,23);1H. The van der Waals surface area contributed by atoms with Crippen molar-refractivity contribution in [2.45, 2.75) is 6.54 Å². The molecule has 0 saturated carbocycles. The Morgan fingerprint density at radius 1 is 1.04 bits per heavy atom. The van der Waals surface area contributed by atoms with Gasteiger partial charge in [0.05, 0.1) is 27.3 Å². The predicted molar refractivity (Wildman–Crippen MR) is 110 cm³/mol. The van der Waals surface area contributed by atoms with E-state index in [1.807, 2.05) is 12.1 Å². The molecule has 0 radical (unpaired) electrons. The van der Waals surface area contributed by atoms with Crippen molar-refractivity contribution in [3.05, 3.63) is 53.6 Å². The first-order valence-corrected chi connectivity index (χ1v) is 7.86. The van der Waals surface area contributed by atoms with E-state index in [0.717, 1.165) is 17.7 Å². The van der Waals surface area contributed by atoms with Gasteiger partial charge < -0.3 is 25.3 Å². The molecule has 0 saturated heterocycles. The Morgan fingerprint density at radius 3 is 2.41 bits per heavy atom. The number of nitrogens with one attached hydrogen (secondary N) is 1. The Balaban J connectivity index is 0.00000364.